The summed E-state index contributed by atoms with van der Waals surface area (Å²) in [6.07, 6.45) is -6.24. The van der Waals surface area contributed by atoms with Gasteiger partial charge in [0.2, 0.25) is 0 Å². The second-order valence-electron chi connectivity index (χ2n) is 10.6. The number of ether oxygens (including phenoxy) is 1. The van der Waals surface area contributed by atoms with Crippen molar-refractivity contribution < 1.29 is 31.1 Å². The molecule has 0 aliphatic carbocycles. The van der Waals surface area contributed by atoms with Gasteiger partial charge in [0.15, 0.2) is 0 Å². The first kappa shape index (κ1) is 30.5. The van der Waals surface area contributed by atoms with Gasteiger partial charge in [-0.25, -0.2) is 9.97 Å². The molecule has 226 valence electrons. The summed E-state index contributed by atoms with van der Waals surface area (Å²) < 4.78 is 86.9. The average molecular weight is 601 g/mol. The van der Waals surface area contributed by atoms with Crippen LogP contribution in [0.15, 0.2) is 97.3 Å². The van der Waals surface area contributed by atoms with E-state index >= 15 is 0 Å². The highest BCUT2D eigenvalue weighted by Gasteiger charge is 2.41. The SMILES string of the molecule is C[C@@H](OC[C@@]1(c2ccccc2)CC[C@H](N(c2ccccn2)c2ccccn2)CN1)c1cc(C(F)(F)F)cc(C(F)(F)F)c1. The molecule has 2 aromatic carbocycles. The van der Waals surface area contributed by atoms with Crippen molar-refractivity contribution in [2.45, 2.75) is 49.8 Å². The number of anilines is 2. The molecule has 11 heteroatoms. The van der Waals surface area contributed by atoms with Crippen LogP contribution in [0.2, 0.25) is 0 Å². The van der Waals surface area contributed by atoms with E-state index in [2.05, 4.69) is 20.2 Å². The third-order valence-electron chi connectivity index (χ3n) is 7.72. The van der Waals surface area contributed by atoms with Crippen molar-refractivity contribution in [1.82, 2.24) is 15.3 Å². The van der Waals surface area contributed by atoms with Crippen LogP contribution in [0, 0.1) is 0 Å². The van der Waals surface area contributed by atoms with E-state index in [1.54, 1.807) is 12.4 Å². The van der Waals surface area contributed by atoms with Crippen LogP contribution in [0.1, 0.15) is 48.1 Å². The summed E-state index contributed by atoms with van der Waals surface area (Å²) in [4.78, 5) is 11.1. The minimum Gasteiger partial charge on any atom is -0.372 e. The van der Waals surface area contributed by atoms with Crippen molar-refractivity contribution in [2.24, 2.45) is 0 Å². The number of halogens is 6. The van der Waals surface area contributed by atoms with E-state index < -0.39 is 35.1 Å². The Morgan fingerprint density at radius 1 is 0.837 bits per heavy atom. The van der Waals surface area contributed by atoms with Crippen molar-refractivity contribution in [1.29, 1.82) is 0 Å². The molecule has 1 aliphatic heterocycles. The Morgan fingerprint density at radius 2 is 1.40 bits per heavy atom. The van der Waals surface area contributed by atoms with Gasteiger partial charge < -0.3 is 15.0 Å². The predicted molar refractivity (Wildman–Crippen MR) is 151 cm³/mol. The molecule has 0 bridgehead atoms. The van der Waals surface area contributed by atoms with Gasteiger partial charge in [-0.3, -0.25) is 0 Å². The molecule has 0 amide bonds. The Labute approximate surface area is 245 Å². The maximum atomic E-state index is 13.5. The fraction of sp³-hybridized carbons (Fsp3) is 0.312. The Morgan fingerprint density at radius 3 is 1.86 bits per heavy atom. The van der Waals surface area contributed by atoms with E-state index in [0.29, 0.717) is 19.4 Å². The number of aromatic nitrogens is 2. The Kier molecular flexibility index (Phi) is 8.75. The van der Waals surface area contributed by atoms with Gasteiger partial charge in [0.25, 0.3) is 0 Å². The Bertz CT molecular complexity index is 1400. The fourth-order valence-electron chi connectivity index (χ4n) is 5.41. The first-order valence-electron chi connectivity index (χ1n) is 13.8. The molecule has 5 rings (SSSR count). The normalized spacial score (nSPS) is 20.0. The number of hydrogen-bond acceptors (Lipinski definition) is 5. The standard InChI is InChI=1S/C32H30F6N4O/c1-22(23-17-25(31(33,34)35)19-26(18-23)32(36,37)38)43-21-30(24-9-3-2-4-10-24)14-13-27(20-41-30)42(28-11-5-7-15-39-28)29-12-6-8-16-40-29/h2-12,15-19,22,27,41H,13-14,20-21H2,1H3/t22-,27+,30-/m1/s1. The quantitative estimate of drug-likeness (QED) is 0.207. The first-order valence-corrected chi connectivity index (χ1v) is 13.8. The van der Waals surface area contributed by atoms with Gasteiger partial charge in [-0.15, -0.1) is 0 Å². The molecule has 1 fully saturated rings. The summed E-state index contributed by atoms with van der Waals surface area (Å²) in [5.74, 6) is 1.46. The van der Waals surface area contributed by atoms with Crippen LogP contribution in [-0.2, 0) is 22.6 Å². The first-order chi connectivity index (χ1) is 20.5. The van der Waals surface area contributed by atoms with Crippen LogP contribution < -0.4 is 10.2 Å². The lowest BCUT2D eigenvalue weighted by molar-refractivity contribution is -0.143. The molecule has 0 unspecified atom stereocenters. The highest BCUT2D eigenvalue weighted by Crippen LogP contribution is 2.40. The van der Waals surface area contributed by atoms with Crippen LogP contribution in [0.25, 0.3) is 0 Å². The summed E-state index contributed by atoms with van der Waals surface area (Å²) >= 11 is 0. The zero-order valence-corrected chi connectivity index (χ0v) is 23.2. The van der Waals surface area contributed by atoms with E-state index in [9.17, 15) is 26.3 Å². The van der Waals surface area contributed by atoms with Crippen molar-refractivity contribution in [2.75, 3.05) is 18.1 Å². The number of nitrogens with one attached hydrogen (secondary N) is 1. The third-order valence-corrected chi connectivity index (χ3v) is 7.72. The van der Waals surface area contributed by atoms with E-state index in [-0.39, 0.29) is 24.3 Å². The van der Waals surface area contributed by atoms with Gasteiger partial charge in [0, 0.05) is 25.0 Å². The highest BCUT2D eigenvalue weighted by atomic mass is 19.4. The van der Waals surface area contributed by atoms with Gasteiger partial charge in [-0.05, 0) is 73.4 Å². The number of piperidine rings is 1. The van der Waals surface area contributed by atoms with Gasteiger partial charge in [0.05, 0.1) is 29.4 Å². The fourth-order valence-corrected chi connectivity index (χ4v) is 5.41. The highest BCUT2D eigenvalue weighted by molar-refractivity contribution is 5.57. The minimum absolute atomic E-state index is 0.0235. The number of benzene rings is 2. The summed E-state index contributed by atoms with van der Waals surface area (Å²) in [5.41, 5.74) is -2.76. The van der Waals surface area contributed by atoms with Crippen molar-refractivity contribution >= 4 is 11.6 Å². The van der Waals surface area contributed by atoms with Crippen LogP contribution >= 0.6 is 0 Å². The second-order valence-corrected chi connectivity index (χ2v) is 10.6. The smallest absolute Gasteiger partial charge is 0.372 e. The molecule has 43 heavy (non-hydrogen) atoms. The van der Waals surface area contributed by atoms with E-state index in [1.165, 1.54) is 6.92 Å². The topological polar surface area (TPSA) is 50.3 Å². The van der Waals surface area contributed by atoms with Crippen molar-refractivity contribution in [3.8, 4) is 0 Å². The van der Waals surface area contributed by atoms with Crippen molar-refractivity contribution in [3.05, 3.63) is 120 Å². The number of hydrogen-bond donors (Lipinski definition) is 1. The molecular formula is C32H30F6N4O. The van der Waals surface area contributed by atoms with Gasteiger partial charge in [0.1, 0.15) is 11.6 Å². The number of alkyl halides is 6. The van der Waals surface area contributed by atoms with E-state index in [0.717, 1.165) is 29.3 Å². The summed E-state index contributed by atoms with van der Waals surface area (Å²) in [7, 11) is 0. The number of pyridine rings is 2. The monoisotopic (exact) mass is 600 g/mol. The molecule has 4 aromatic rings. The lowest BCUT2D eigenvalue weighted by Crippen LogP contribution is -2.56. The Balaban J connectivity index is 1.40. The molecule has 1 aliphatic rings. The molecule has 0 spiro atoms. The molecule has 2 aromatic heterocycles. The van der Waals surface area contributed by atoms with Crippen LogP contribution in [0.3, 0.4) is 0 Å². The third kappa shape index (κ3) is 7.00. The van der Waals surface area contributed by atoms with Gasteiger partial charge in [-0.2, -0.15) is 26.3 Å². The average Bonchev–Trinajstić information content (AvgIpc) is 3.01. The summed E-state index contributed by atoms with van der Waals surface area (Å²) in [6.45, 7) is 1.97. The van der Waals surface area contributed by atoms with Crippen molar-refractivity contribution in [3.63, 3.8) is 0 Å². The van der Waals surface area contributed by atoms with Crippen LogP contribution in [0.4, 0.5) is 38.0 Å². The predicted octanol–water partition coefficient (Wildman–Crippen LogP) is 8.08. The maximum Gasteiger partial charge on any atom is 0.416 e. The largest absolute Gasteiger partial charge is 0.416 e. The molecule has 0 saturated carbocycles. The summed E-state index contributed by atoms with van der Waals surface area (Å²) in [6, 6.07) is 22.3. The lowest BCUT2D eigenvalue weighted by atomic mass is 9.81. The van der Waals surface area contributed by atoms with E-state index in [1.807, 2.05) is 66.7 Å². The van der Waals surface area contributed by atoms with Gasteiger partial charge >= 0.3 is 12.4 Å². The molecule has 3 atom stereocenters. The molecule has 1 N–H and O–H groups in total. The summed E-state index contributed by atoms with van der Waals surface area (Å²) in [5, 5.41) is 3.61. The minimum atomic E-state index is -4.94. The second kappa shape index (κ2) is 12.3. The molecule has 1 saturated heterocycles. The molecule has 3 heterocycles. The Hall–Kier alpha value is -3.96. The maximum absolute atomic E-state index is 13.5. The molecule has 0 radical (unpaired) electrons. The van der Waals surface area contributed by atoms with E-state index in [4.69, 9.17) is 4.74 Å². The van der Waals surface area contributed by atoms with Crippen LogP contribution in [-0.4, -0.2) is 29.2 Å². The number of nitrogens with zero attached hydrogens (tertiary/aromatic N) is 3. The van der Waals surface area contributed by atoms with Crippen LogP contribution in [0.5, 0.6) is 0 Å². The zero-order valence-electron chi connectivity index (χ0n) is 23.2. The van der Waals surface area contributed by atoms with Gasteiger partial charge in [-0.1, -0.05) is 42.5 Å². The molecular weight excluding hydrogens is 570 g/mol. The lowest BCUT2D eigenvalue weighted by Gasteiger charge is -2.45. The molecule has 5 nitrogen and oxygen atoms in total. The zero-order chi connectivity index (χ0) is 30.7. The number of rotatable bonds is 8.